The van der Waals surface area contributed by atoms with Gasteiger partial charge in [-0.2, -0.15) is 0 Å². The second-order valence-electron chi connectivity index (χ2n) is 7.21. The van der Waals surface area contributed by atoms with Crippen molar-refractivity contribution in [1.82, 2.24) is 10.6 Å². The number of amides is 1. The minimum absolute atomic E-state index is 0.131. The van der Waals surface area contributed by atoms with E-state index in [2.05, 4.69) is 26.9 Å². The lowest BCUT2D eigenvalue weighted by atomic mass is 9.83. The maximum atomic E-state index is 12.2. The molecule has 0 bridgehead atoms. The number of anilines is 1. The minimum Gasteiger partial charge on any atom is -0.382 e. The average Bonchev–Trinajstić information content (AvgIpc) is 3.17. The molecule has 0 heterocycles. The van der Waals surface area contributed by atoms with Crippen molar-refractivity contribution in [3.63, 3.8) is 0 Å². The number of hydrogen-bond acceptors (Lipinski definition) is 3. The summed E-state index contributed by atoms with van der Waals surface area (Å²) in [5, 5.41) is 9.31. The Hall–Kier alpha value is -2.52. The van der Waals surface area contributed by atoms with Crippen LogP contribution in [-0.4, -0.2) is 45.2 Å². The fourth-order valence-electron chi connectivity index (χ4n) is 3.62. The van der Waals surface area contributed by atoms with E-state index in [4.69, 9.17) is 11.2 Å². The van der Waals surface area contributed by atoms with Gasteiger partial charge in [-0.05, 0) is 49.8 Å². The van der Waals surface area contributed by atoms with Crippen molar-refractivity contribution >= 4 is 17.6 Å². The molecule has 152 valence electrons. The molecule has 6 nitrogen and oxygen atoms in total. The molecule has 3 N–H and O–H groups in total. The number of rotatable bonds is 9. The van der Waals surface area contributed by atoms with E-state index in [1.165, 1.54) is 25.7 Å². The summed E-state index contributed by atoms with van der Waals surface area (Å²) in [7, 11) is 1.71. The highest BCUT2D eigenvalue weighted by molar-refractivity contribution is 5.95. The molecule has 6 heteroatoms. The highest BCUT2D eigenvalue weighted by Gasteiger charge is 2.33. The molecule has 1 aliphatic carbocycles. The number of guanidine groups is 1. The second-order valence-corrected chi connectivity index (χ2v) is 7.21. The van der Waals surface area contributed by atoms with Crippen LogP contribution in [0.1, 0.15) is 44.6 Å². The molecule has 28 heavy (non-hydrogen) atoms. The zero-order valence-electron chi connectivity index (χ0n) is 17.0. The highest BCUT2D eigenvalue weighted by atomic mass is 16.5. The molecule has 2 rings (SSSR count). The first-order valence-corrected chi connectivity index (χ1v) is 9.99. The van der Waals surface area contributed by atoms with Crippen LogP contribution in [0.25, 0.3) is 0 Å². The van der Waals surface area contributed by atoms with Crippen LogP contribution in [0.3, 0.4) is 0 Å². The van der Waals surface area contributed by atoms with Gasteiger partial charge in [0, 0.05) is 38.1 Å². The first-order chi connectivity index (χ1) is 13.6. The highest BCUT2D eigenvalue weighted by Crippen LogP contribution is 2.40. The number of nitrogens with zero attached hydrogens (tertiary/aromatic N) is 1. The molecule has 1 fully saturated rings. The molecule has 0 radical (unpaired) electrons. The zero-order valence-corrected chi connectivity index (χ0v) is 17.0. The number of terminal acetylenes is 1. The van der Waals surface area contributed by atoms with Gasteiger partial charge in [-0.15, -0.1) is 6.42 Å². The number of hydrogen-bond donors (Lipinski definition) is 3. The number of carbonyl (C=O) groups excluding carboxylic acids is 1. The van der Waals surface area contributed by atoms with Gasteiger partial charge in [0.05, 0.1) is 6.54 Å². The third-order valence-electron chi connectivity index (χ3n) is 5.23. The molecule has 1 saturated carbocycles. The van der Waals surface area contributed by atoms with Crippen molar-refractivity contribution in [2.45, 2.75) is 39.0 Å². The monoisotopic (exact) mass is 384 g/mol. The van der Waals surface area contributed by atoms with E-state index in [0.29, 0.717) is 11.6 Å². The van der Waals surface area contributed by atoms with Gasteiger partial charge in [0.15, 0.2) is 5.96 Å². The Kier molecular flexibility index (Phi) is 8.83. The Labute approximate surface area is 168 Å². The second kappa shape index (κ2) is 11.4. The number of aliphatic imine (C=N–C) groups is 1. The van der Waals surface area contributed by atoms with Crippen molar-refractivity contribution in [3.8, 4) is 12.3 Å². The lowest BCUT2D eigenvalue weighted by molar-refractivity contribution is -0.115. The Morgan fingerprint density at radius 1 is 1.32 bits per heavy atom. The summed E-state index contributed by atoms with van der Waals surface area (Å²) in [5.41, 5.74) is 1.67. The van der Waals surface area contributed by atoms with Crippen LogP contribution in [0, 0.1) is 17.8 Å². The van der Waals surface area contributed by atoms with E-state index in [1.807, 2.05) is 25.1 Å². The summed E-state index contributed by atoms with van der Waals surface area (Å²) in [6.07, 6.45) is 11.4. The van der Waals surface area contributed by atoms with Crippen molar-refractivity contribution in [1.29, 1.82) is 0 Å². The fourth-order valence-corrected chi connectivity index (χ4v) is 3.62. The van der Waals surface area contributed by atoms with Gasteiger partial charge >= 0.3 is 0 Å². The van der Waals surface area contributed by atoms with Gasteiger partial charge in [-0.3, -0.25) is 9.79 Å². The topological polar surface area (TPSA) is 74.8 Å². The molecular formula is C22H32N4O2. The van der Waals surface area contributed by atoms with Crippen molar-refractivity contribution in [2.75, 3.05) is 38.7 Å². The lowest BCUT2D eigenvalue weighted by Crippen LogP contribution is -2.45. The summed E-state index contributed by atoms with van der Waals surface area (Å²) in [5.74, 6) is 3.05. The predicted molar refractivity (Wildman–Crippen MR) is 114 cm³/mol. The minimum atomic E-state index is -0.149. The number of benzene rings is 1. The van der Waals surface area contributed by atoms with Gasteiger partial charge in [0.1, 0.15) is 0 Å². The Morgan fingerprint density at radius 2 is 2.11 bits per heavy atom. The quantitative estimate of drug-likeness (QED) is 0.265. The standard InChI is InChI=1S/C22H32N4O2/c1-4-18-9-8-10-19(15-18)26-20(27)16-24-21(23-3)25-17-22(11-6-7-12-22)13-14-28-5-2/h1,8-10,15H,5-7,11-14,16-17H2,2-3H3,(H,26,27)(H2,23,24,25). The van der Waals surface area contributed by atoms with Gasteiger partial charge < -0.3 is 20.7 Å². The maximum absolute atomic E-state index is 12.2. The zero-order chi connectivity index (χ0) is 20.2. The largest absolute Gasteiger partial charge is 0.382 e. The van der Waals surface area contributed by atoms with Gasteiger partial charge in [-0.1, -0.05) is 24.8 Å². The Bertz CT molecular complexity index is 703. The van der Waals surface area contributed by atoms with E-state index in [0.717, 1.165) is 31.7 Å². The maximum Gasteiger partial charge on any atom is 0.243 e. The number of nitrogens with one attached hydrogen (secondary N) is 3. The molecule has 0 saturated heterocycles. The molecular weight excluding hydrogens is 352 g/mol. The summed E-state index contributed by atoms with van der Waals surface area (Å²) < 4.78 is 5.57. The van der Waals surface area contributed by atoms with Crippen LogP contribution in [0.2, 0.25) is 0 Å². The first kappa shape index (κ1) is 21.8. The number of ether oxygens (including phenoxy) is 1. The van der Waals surface area contributed by atoms with Crippen LogP contribution in [0.4, 0.5) is 5.69 Å². The summed E-state index contributed by atoms with van der Waals surface area (Å²) in [6.45, 7) is 4.55. The molecule has 0 atom stereocenters. The fraction of sp³-hybridized carbons (Fsp3) is 0.545. The van der Waals surface area contributed by atoms with Crippen molar-refractivity contribution in [3.05, 3.63) is 29.8 Å². The molecule has 0 aliphatic heterocycles. The van der Waals surface area contributed by atoms with E-state index >= 15 is 0 Å². The Balaban J connectivity index is 1.80. The SMILES string of the molecule is C#Cc1cccc(NC(=O)CNC(=NC)NCC2(CCOCC)CCCC2)c1. The molecule has 0 aromatic heterocycles. The van der Waals surface area contributed by atoms with Crippen LogP contribution < -0.4 is 16.0 Å². The Morgan fingerprint density at radius 3 is 2.79 bits per heavy atom. The molecule has 1 aromatic rings. The van der Waals surface area contributed by atoms with Gasteiger partial charge in [0.25, 0.3) is 0 Å². The van der Waals surface area contributed by atoms with Crippen LogP contribution >= 0.6 is 0 Å². The lowest BCUT2D eigenvalue weighted by Gasteiger charge is -2.30. The normalized spacial score (nSPS) is 15.7. The molecule has 1 aliphatic rings. The summed E-state index contributed by atoms with van der Waals surface area (Å²) in [6, 6.07) is 7.23. The van der Waals surface area contributed by atoms with E-state index < -0.39 is 0 Å². The first-order valence-electron chi connectivity index (χ1n) is 9.99. The number of carbonyl (C=O) groups is 1. The van der Waals surface area contributed by atoms with Gasteiger partial charge in [0.2, 0.25) is 5.91 Å². The van der Waals surface area contributed by atoms with Gasteiger partial charge in [-0.25, -0.2) is 0 Å². The third-order valence-corrected chi connectivity index (χ3v) is 5.23. The third kappa shape index (κ3) is 6.90. The van der Waals surface area contributed by atoms with Crippen LogP contribution in [-0.2, 0) is 9.53 Å². The van der Waals surface area contributed by atoms with E-state index in [9.17, 15) is 4.79 Å². The smallest absolute Gasteiger partial charge is 0.243 e. The van der Waals surface area contributed by atoms with Crippen LogP contribution in [0.5, 0.6) is 0 Å². The van der Waals surface area contributed by atoms with Crippen LogP contribution in [0.15, 0.2) is 29.3 Å². The molecule has 0 unspecified atom stereocenters. The summed E-state index contributed by atoms with van der Waals surface area (Å²) >= 11 is 0. The average molecular weight is 385 g/mol. The molecule has 1 aromatic carbocycles. The molecule has 1 amide bonds. The van der Waals surface area contributed by atoms with E-state index in [1.54, 1.807) is 13.1 Å². The van der Waals surface area contributed by atoms with Crippen molar-refractivity contribution in [2.24, 2.45) is 10.4 Å². The van der Waals surface area contributed by atoms with E-state index in [-0.39, 0.29) is 17.9 Å². The molecule has 0 spiro atoms. The summed E-state index contributed by atoms with van der Waals surface area (Å²) in [4.78, 5) is 16.4. The van der Waals surface area contributed by atoms with Crippen molar-refractivity contribution < 1.29 is 9.53 Å². The predicted octanol–water partition coefficient (Wildman–Crippen LogP) is 2.76.